The molecule has 0 fully saturated rings. The third-order valence-electron chi connectivity index (χ3n) is 3.52. The molecule has 0 atom stereocenters. The van der Waals surface area contributed by atoms with Crippen molar-refractivity contribution >= 4 is 28.2 Å². The van der Waals surface area contributed by atoms with Crippen molar-refractivity contribution in [3.63, 3.8) is 0 Å². The van der Waals surface area contributed by atoms with Crippen molar-refractivity contribution in [2.45, 2.75) is 12.8 Å². The summed E-state index contributed by atoms with van der Waals surface area (Å²) in [4.78, 5) is 4.43. The van der Waals surface area contributed by atoms with Crippen LogP contribution in [0.4, 0.5) is 5.69 Å². The van der Waals surface area contributed by atoms with E-state index in [0.717, 1.165) is 41.0 Å². The van der Waals surface area contributed by atoms with Crippen LogP contribution in [0.2, 0.25) is 5.02 Å². The molecule has 2 nitrogen and oxygen atoms in total. The van der Waals surface area contributed by atoms with Gasteiger partial charge in [0.2, 0.25) is 0 Å². The van der Waals surface area contributed by atoms with E-state index in [0.29, 0.717) is 0 Å². The lowest BCUT2D eigenvalue weighted by atomic mass is 10.1. The molecule has 0 amide bonds. The Morgan fingerprint density at radius 1 is 0.952 bits per heavy atom. The molecule has 0 unspecified atom stereocenters. The van der Waals surface area contributed by atoms with Crippen LogP contribution in [-0.2, 0) is 6.42 Å². The molecule has 1 aromatic heterocycles. The number of hydrogen-bond acceptors (Lipinski definition) is 2. The first-order valence-electron chi connectivity index (χ1n) is 7.15. The molecule has 1 N–H and O–H groups in total. The van der Waals surface area contributed by atoms with Gasteiger partial charge in [0.25, 0.3) is 0 Å². The number of nitrogens with one attached hydrogen (secondary N) is 1. The number of fused-ring (bicyclic) bond motifs is 1. The number of hydrogen-bond donors (Lipinski definition) is 1. The quantitative estimate of drug-likeness (QED) is 0.675. The number of benzene rings is 2. The van der Waals surface area contributed by atoms with Crippen LogP contribution in [0, 0.1) is 0 Å². The van der Waals surface area contributed by atoms with Crippen molar-refractivity contribution < 1.29 is 0 Å². The summed E-state index contributed by atoms with van der Waals surface area (Å²) < 4.78 is 0. The SMILES string of the molecule is Clc1ccc(NCCCc2ccccc2)c2ncccc12. The molecule has 106 valence electrons. The number of halogens is 1. The van der Waals surface area contributed by atoms with Gasteiger partial charge < -0.3 is 5.32 Å². The minimum absolute atomic E-state index is 0.743. The second-order valence-corrected chi connectivity index (χ2v) is 5.42. The van der Waals surface area contributed by atoms with Crippen molar-refractivity contribution in [1.82, 2.24) is 4.98 Å². The van der Waals surface area contributed by atoms with Gasteiger partial charge in [-0.1, -0.05) is 41.9 Å². The molecule has 0 spiro atoms. The molecular formula is C18H17ClN2. The second kappa shape index (κ2) is 6.59. The highest BCUT2D eigenvalue weighted by atomic mass is 35.5. The van der Waals surface area contributed by atoms with Gasteiger partial charge >= 0.3 is 0 Å². The van der Waals surface area contributed by atoms with Gasteiger partial charge in [0.15, 0.2) is 0 Å². The molecular weight excluding hydrogens is 280 g/mol. The fourth-order valence-corrected chi connectivity index (χ4v) is 2.66. The standard InChI is InChI=1S/C18H17ClN2/c19-16-10-11-17(18-15(16)9-5-13-21-18)20-12-4-8-14-6-2-1-3-7-14/h1-3,5-7,9-11,13,20H,4,8,12H2. The number of anilines is 1. The molecule has 0 radical (unpaired) electrons. The van der Waals surface area contributed by atoms with Gasteiger partial charge in [-0.15, -0.1) is 0 Å². The Morgan fingerprint density at radius 2 is 1.81 bits per heavy atom. The Morgan fingerprint density at radius 3 is 2.67 bits per heavy atom. The Labute approximate surface area is 129 Å². The third kappa shape index (κ3) is 3.34. The van der Waals surface area contributed by atoms with Gasteiger partial charge in [-0.05, 0) is 42.7 Å². The smallest absolute Gasteiger partial charge is 0.0948 e. The van der Waals surface area contributed by atoms with Crippen LogP contribution >= 0.6 is 11.6 Å². The predicted molar refractivity (Wildman–Crippen MR) is 90.0 cm³/mol. The molecule has 0 aliphatic rings. The summed E-state index contributed by atoms with van der Waals surface area (Å²) in [5, 5.41) is 5.20. The maximum absolute atomic E-state index is 6.20. The molecule has 1 heterocycles. The van der Waals surface area contributed by atoms with E-state index in [-0.39, 0.29) is 0 Å². The molecule has 0 saturated heterocycles. The van der Waals surface area contributed by atoms with Gasteiger partial charge in [0, 0.05) is 18.1 Å². The fraction of sp³-hybridized carbons (Fsp3) is 0.167. The van der Waals surface area contributed by atoms with E-state index in [9.17, 15) is 0 Å². The summed E-state index contributed by atoms with van der Waals surface area (Å²) in [7, 11) is 0. The van der Waals surface area contributed by atoms with Crippen LogP contribution < -0.4 is 5.32 Å². The number of aromatic nitrogens is 1. The summed E-state index contributed by atoms with van der Waals surface area (Å²) in [5.74, 6) is 0. The van der Waals surface area contributed by atoms with Crippen molar-refractivity contribution in [2.75, 3.05) is 11.9 Å². The Balaban J connectivity index is 1.65. The minimum Gasteiger partial charge on any atom is -0.383 e. The highest BCUT2D eigenvalue weighted by molar-refractivity contribution is 6.35. The lowest BCUT2D eigenvalue weighted by Gasteiger charge is -2.10. The summed E-state index contributed by atoms with van der Waals surface area (Å²) in [6.45, 7) is 0.919. The molecule has 0 bridgehead atoms. The molecule has 0 aliphatic carbocycles. The maximum atomic E-state index is 6.20. The van der Waals surface area contributed by atoms with E-state index < -0.39 is 0 Å². The summed E-state index contributed by atoms with van der Waals surface area (Å²) in [5.41, 5.74) is 3.35. The van der Waals surface area contributed by atoms with Crippen LogP contribution in [0.5, 0.6) is 0 Å². The Hall–Kier alpha value is -2.06. The molecule has 0 saturated carbocycles. The van der Waals surface area contributed by atoms with Crippen LogP contribution in [0.25, 0.3) is 10.9 Å². The van der Waals surface area contributed by atoms with Crippen LogP contribution in [-0.4, -0.2) is 11.5 Å². The van der Waals surface area contributed by atoms with Crippen molar-refractivity contribution in [3.05, 3.63) is 71.4 Å². The first-order valence-corrected chi connectivity index (χ1v) is 7.53. The Bertz CT molecular complexity index is 726. The van der Waals surface area contributed by atoms with Gasteiger partial charge in [0.05, 0.1) is 16.2 Å². The van der Waals surface area contributed by atoms with E-state index in [2.05, 4.69) is 34.6 Å². The topological polar surface area (TPSA) is 24.9 Å². The first-order chi connectivity index (χ1) is 10.3. The Kier molecular flexibility index (Phi) is 4.37. The lowest BCUT2D eigenvalue weighted by Crippen LogP contribution is -2.04. The van der Waals surface area contributed by atoms with Gasteiger partial charge in [-0.25, -0.2) is 0 Å². The highest BCUT2D eigenvalue weighted by Gasteiger charge is 2.04. The summed E-state index contributed by atoms with van der Waals surface area (Å²) >= 11 is 6.20. The zero-order valence-corrected chi connectivity index (χ0v) is 12.5. The number of rotatable bonds is 5. The van der Waals surface area contributed by atoms with Crippen LogP contribution in [0.15, 0.2) is 60.8 Å². The zero-order valence-electron chi connectivity index (χ0n) is 11.7. The minimum atomic E-state index is 0.743. The monoisotopic (exact) mass is 296 g/mol. The van der Waals surface area contributed by atoms with Crippen molar-refractivity contribution in [2.24, 2.45) is 0 Å². The lowest BCUT2D eigenvalue weighted by molar-refractivity contribution is 0.863. The predicted octanol–water partition coefficient (Wildman–Crippen LogP) is 4.93. The average molecular weight is 297 g/mol. The maximum Gasteiger partial charge on any atom is 0.0948 e. The van der Waals surface area contributed by atoms with Gasteiger partial charge in [0.1, 0.15) is 0 Å². The molecule has 21 heavy (non-hydrogen) atoms. The summed E-state index contributed by atoms with van der Waals surface area (Å²) in [6.07, 6.45) is 3.96. The fourth-order valence-electron chi connectivity index (χ4n) is 2.44. The van der Waals surface area contributed by atoms with Crippen molar-refractivity contribution in [1.29, 1.82) is 0 Å². The van der Waals surface area contributed by atoms with E-state index in [1.165, 1.54) is 5.56 Å². The normalized spacial score (nSPS) is 10.7. The van der Waals surface area contributed by atoms with Crippen LogP contribution in [0.1, 0.15) is 12.0 Å². The molecule has 3 rings (SSSR count). The van der Waals surface area contributed by atoms with E-state index >= 15 is 0 Å². The number of nitrogens with zero attached hydrogens (tertiary/aromatic N) is 1. The summed E-state index contributed by atoms with van der Waals surface area (Å²) in [6, 6.07) is 18.4. The first kappa shape index (κ1) is 13.9. The van der Waals surface area contributed by atoms with Gasteiger partial charge in [-0.3, -0.25) is 4.98 Å². The zero-order chi connectivity index (χ0) is 14.5. The third-order valence-corrected chi connectivity index (χ3v) is 3.85. The second-order valence-electron chi connectivity index (χ2n) is 5.01. The van der Waals surface area contributed by atoms with E-state index in [1.807, 2.05) is 30.3 Å². The molecule has 3 aromatic rings. The van der Waals surface area contributed by atoms with E-state index in [4.69, 9.17) is 11.6 Å². The molecule has 2 aromatic carbocycles. The van der Waals surface area contributed by atoms with Crippen LogP contribution in [0.3, 0.4) is 0 Å². The largest absolute Gasteiger partial charge is 0.383 e. The van der Waals surface area contributed by atoms with E-state index in [1.54, 1.807) is 6.20 Å². The highest BCUT2D eigenvalue weighted by Crippen LogP contribution is 2.27. The average Bonchev–Trinajstić information content (AvgIpc) is 2.55. The number of pyridine rings is 1. The van der Waals surface area contributed by atoms with Crippen molar-refractivity contribution in [3.8, 4) is 0 Å². The molecule has 0 aliphatic heterocycles. The molecule has 3 heteroatoms. The number of aryl methyl sites for hydroxylation is 1. The van der Waals surface area contributed by atoms with Gasteiger partial charge in [-0.2, -0.15) is 0 Å².